The first-order valence-electron chi connectivity index (χ1n) is 7.91. The van der Waals surface area contributed by atoms with E-state index in [4.69, 9.17) is 10.8 Å². The van der Waals surface area contributed by atoms with Gasteiger partial charge in [0.1, 0.15) is 0 Å². The first-order chi connectivity index (χ1) is 10.5. The summed E-state index contributed by atoms with van der Waals surface area (Å²) in [6.07, 6.45) is 1.24. The van der Waals surface area contributed by atoms with Gasteiger partial charge in [0, 0.05) is 30.2 Å². The molecule has 0 unspecified atom stereocenters. The summed E-state index contributed by atoms with van der Waals surface area (Å²) in [5.41, 5.74) is 4.56. The Kier molecular flexibility index (Phi) is 6.52. The summed E-state index contributed by atoms with van der Waals surface area (Å²) in [4.78, 5) is 24.5. The van der Waals surface area contributed by atoms with E-state index in [-0.39, 0.29) is 25.0 Å². The lowest BCUT2D eigenvalue weighted by molar-refractivity contribution is -0.246. The van der Waals surface area contributed by atoms with E-state index in [1.807, 2.05) is 27.7 Å². The van der Waals surface area contributed by atoms with Crippen molar-refractivity contribution in [3.05, 3.63) is 0 Å². The van der Waals surface area contributed by atoms with E-state index in [0.29, 0.717) is 25.9 Å². The Morgan fingerprint density at radius 3 is 2.17 bits per heavy atom. The highest BCUT2D eigenvalue weighted by atomic mass is 16.5. The van der Waals surface area contributed by atoms with E-state index >= 15 is 0 Å². The number of hydrogen-bond acceptors (Lipinski definition) is 6. The molecule has 1 saturated heterocycles. The molecule has 0 aromatic rings. The molecule has 0 aliphatic carbocycles. The van der Waals surface area contributed by atoms with Crippen molar-refractivity contribution in [2.24, 2.45) is 5.73 Å². The van der Waals surface area contributed by atoms with E-state index in [2.05, 4.69) is 5.32 Å². The van der Waals surface area contributed by atoms with Gasteiger partial charge in [0.15, 0.2) is 0 Å². The molecule has 5 N–H and O–H groups in total. The quantitative estimate of drug-likeness (QED) is 0.513. The number of carboxylic acids is 1. The van der Waals surface area contributed by atoms with Crippen molar-refractivity contribution in [1.29, 1.82) is 0 Å². The average molecular weight is 330 g/mol. The van der Waals surface area contributed by atoms with Gasteiger partial charge < -0.3 is 21.4 Å². The molecule has 1 rings (SSSR count). The molecular formula is C15H30N4O4. The molecule has 1 fully saturated rings. The highest BCUT2D eigenvalue weighted by Gasteiger charge is 2.45. The fourth-order valence-electron chi connectivity index (χ4n) is 3.44. The van der Waals surface area contributed by atoms with Crippen molar-refractivity contribution in [2.75, 3.05) is 26.2 Å². The summed E-state index contributed by atoms with van der Waals surface area (Å²) < 4.78 is 0. The van der Waals surface area contributed by atoms with Crippen molar-refractivity contribution in [3.8, 4) is 0 Å². The minimum Gasteiger partial charge on any atom is -0.480 e. The Morgan fingerprint density at radius 1 is 1.22 bits per heavy atom. The van der Waals surface area contributed by atoms with Gasteiger partial charge in [-0.2, -0.15) is 5.06 Å². The summed E-state index contributed by atoms with van der Waals surface area (Å²) in [6.45, 7) is 8.16. The number of rotatable bonds is 7. The highest BCUT2D eigenvalue weighted by molar-refractivity contribution is 5.79. The Hall–Kier alpha value is -1.22. The molecule has 0 bridgehead atoms. The maximum atomic E-state index is 12.2. The SMILES string of the molecule is CC1(C)CC(NC(=O)CN(CCN)CC(=O)O)CC(C)(C)N1O. The number of nitrogens with one attached hydrogen (secondary N) is 1. The molecule has 1 amide bonds. The monoisotopic (exact) mass is 330 g/mol. The molecule has 0 atom stereocenters. The molecule has 8 heteroatoms. The van der Waals surface area contributed by atoms with Gasteiger partial charge in [-0.1, -0.05) is 0 Å². The minimum atomic E-state index is -0.984. The zero-order chi connectivity index (χ0) is 17.8. The topological polar surface area (TPSA) is 119 Å². The Balaban J connectivity index is 2.64. The summed E-state index contributed by atoms with van der Waals surface area (Å²) in [5.74, 6) is -1.20. The van der Waals surface area contributed by atoms with Crippen LogP contribution in [0.3, 0.4) is 0 Å². The van der Waals surface area contributed by atoms with Crippen LogP contribution in [-0.4, -0.2) is 75.5 Å². The van der Waals surface area contributed by atoms with Crippen LogP contribution in [0.15, 0.2) is 0 Å². The summed E-state index contributed by atoms with van der Waals surface area (Å²) in [6, 6.07) is -0.0690. The van der Waals surface area contributed by atoms with Crippen LogP contribution in [0.2, 0.25) is 0 Å². The van der Waals surface area contributed by atoms with Crippen LogP contribution < -0.4 is 11.1 Å². The van der Waals surface area contributed by atoms with E-state index in [0.717, 1.165) is 0 Å². The maximum absolute atomic E-state index is 12.2. The zero-order valence-corrected chi connectivity index (χ0v) is 14.5. The molecule has 1 heterocycles. The van der Waals surface area contributed by atoms with E-state index in [1.54, 1.807) is 0 Å². The molecule has 0 saturated carbocycles. The third-order valence-corrected chi connectivity index (χ3v) is 4.18. The van der Waals surface area contributed by atoms with Gasteiger partial charge in [0.25, 0.3) is 0 Å². The Bertz CT molecular complexity index is 421. The molecule has 134 valence electrons. The lowest BCUT2D eigenvalue weighted by atomic mass is 9.79. The molecule has 0 aromatic heterocycles. The standard InChI is InChI=1S/C15H30N4O4/c1-14(2)7-11(8-15(3,4)19(14)23)17-12(20)9-18(6-5-16)10-13(21)22/h11,23H,5-10,16H2,1-4H3,(H,17,20)(H,21,22). The number of carbonyl (C=O) groups excluding carboxylic acids is 1. The summed E-state index contributed by atoms with van der Waals surface area (Å²) in [5, 5.41) is 23.4. The van der Waals surface area contributed by atoms with Crippen LogP contribution in [0, 0.1) is 0 Å². The molecule has 0 radical (unpaired) electrons. The largest absolute Gasteiger partial charge is 0.480 e. The summed E-state index contributed by atoms with van der Waals surface area (Å²) >= 11 is 0. The summed E-state index contributed by atoms with van der Waals surface area (Å²) in [7, 11) is 0. The number of hydroxylamine groups is 2. The fourth-order valence-corrected chi connectivity index (χ4v) is 3.44. The van der Waals surface area contributed by atoms with Gasteiger partial charge in [0.2, 0.25) is 5.91 Å². The number of nitrogens with zero attached hydrogens (tertiary/aromatic N) is 2. The van der Waals surface area contributed by atoms with Crippen molar-refractivity contribution >= 4 is 11.9 Å². The van der Waals surface area contributed by atoms with Gasteiger partial charge in [-0.25, -0.2) is 0 Å². The third-order valence-electron chi connectivity index (χ3n) is 4.18. The second-order valence-corrected chi connectivity index (χ2v) is 7.50. The van der Waals surface area contributed by atoms with Crippen LogP contribution in [0.1, 0.15) is 40.5 Å². The lowest BCUT2D eigenvalue weighted by Crippen LogP contribution is -2.63. The Morgan fingerprint density at radius 2 is 1.74 bits per heavy atom. The predicted octanol–water partition coefficient (Wildman–Crippen LogP) is -0.141. The molecule has 0 aromatic carbocycles. The lowest BCUT2D eigenvalue weighted by Gasteiger charge is -2.51. The van der Waals surface area contributed by atoms with Crippen LogP contribution in [0.5, 0.6) is 0 Å². The molecular weight excluding hydrogens is 300 g/mol. The number of piperidine rings is 1. The van der Waals surface area contributed by atoms with Crippen molar-refractivity contribution < 1.29 is 19.9 Å². The second kappa shape index (κ2) is 7.57. The van der Waals surface area contributed by atoms with Crippen LogP contribution in [0.25, 0.3) is 0 Å². The smallest absolute Gasteiger partial charge is 0.317 e. The maximum Gasteiger partial charge on any atom is 0.317 e. The number of nitrogens with two attached hydrogens (primary N) is 1. The van der Waals surface area contributed by atoms with Gasteiger partial charge in [-0.05, 0) is 40.5 Å². The molecule has 1 aliphatic heterocycles. The number of carboxylic acid groups (broad SMARTS) is 1. The van der Waals surface area contributed by atoms with Gasteiger partial charge in [0.05, 0.1) is 13.1 Å². The number of amides is 1. The van der Waals surface area contributed by atoms with Gasteiger partial charge in [-0.3, -0.25) is 14.5 Å². The van der Waals surface area contributed by atoms with Crippen molar-refractivity contribution in [2.45, 2.75) is 57.7 Å². The normalized spacial score (nSPS) is 21.3. The van der Waals surface area contributed by atoms with Crippen molar-refractivity contribution in [3.63, 3.8) is 0 Å². The zero-order valence-electron chi connectivity index (χ0n) is 14.5. The minimum absolute atomic E-state index is 0.00367. The second-order valence-electron chi connectivity index (χ2n) is 7.50. The Labute approximate surface area is 137 Å². The third kappa shape index (κ3) is 5.72. The molecule has 1 aliphatic rings. The fraction of sp³-hybridized carbons (Fsp3) is 0.867. The van der Waals surface area contributed by atoms with Crippen LogP contribution in [0.4, 0.5) is 0 Å². The number of hydrogen-bond donors (Lipinski definition) is 4. The van der Waals surface area contributed by atoms with E-state index in [9.17, 15) is 14.8 Å². The number of carbonyl (C=O) groups is 2. The van der Waals surface area contributed by atoms with E-state index < -0.39 is 17.0 Å². The van der Waals surface area contributed by atoms with Crippen LogP contribution in [-0.2, 0) is 9.59 Å². The van der Waals surface area contributed by atoms with Gasteiger partial charge >= 0.3 is 5.97 Å². The predicted molar refractivity (Wildman–Crippen MR) is 86.1 cm³/mol. The first kappa shape index (κ1) is 19.8. The van der Waals surface area contributed by atoms with Gasteiger partial charge in [-0.15, -0.1) is 0 Å². The molecule has 23 heavy (non-hydrogen) atoms. The van der Waals surface area contributed by atoms with E-state index in [1.165, 1.54) is 9.96 Å². The number of aliphatic carboxylic acids is 1. The molecule has 8 nitrogen and oxygen atoms in total. The van der Waals surface area contributed by atoms with Crippen molar-refractivity contribution in [1.82, 2.24) is 15.3 Å². The highest BCUT2D eigenvalue weighted by Crippen LogP contribution is 2.36. The molecule has 0 spiro atoms. The average Bonchev–Trinajstić information content (AvgIpc) is 2.34. The first-order valence-corrected chi connectivity index (χ1v) is 7.91. The van der Waals surface area contributed by atoms with Crippen LogP contribution >= 0.6 is 0 Å².